The van der Waals surface area contributed by atoms with E-state index < -0.39 is 34.0 Å². The molecular formula is C21H12N2O8. The molecule has 0 unspecified atom stereocenters. The number of carbonyl (C=O) groups is 3. The molecule has 0 radical (unpaired) electrons. The topological polar surface area (TPSA) is 147 Å². The van der Waals surface area contributed by atoms with Gasteiger partial charge in [0.05, 0.1) is 21.7 Å². The van der Waals surface area contributed by atoms with E-state index in [0.717, 1.165) is 17.0 Å². The van der Waals surface area contributed by atoms with Crippen molar-refractivity contribution in [2.45, 2.75) is 0 Å². The second-order valence-electron chi connectivity index (χ2n) is 6.51. The van der Waals surface area contributed by atoms with Gasteiger partial charge in [-0.1, -0.05) is 0 Å². The molecule has 4 rings (SSSR count). The SMILES string of the molecule is O=C(O)c1cc(N2C(=O)c3ccc(Oc4ccc([N+](=O)[O-])cc4)cc3C2=O)ccc1O. The van der Waals surface area contributed by atoms with Crippen LogP contribution in [0.2, 0.25) is 0 Å². The summed E-state index contributed by atoms with van der Waals surface area (Å²) in [6, 6.07) is 12.9. The first-order valence-corrected chi connectivity index (χ1v) is 8.77. The van der Waals surface area contributed by atoms with E-state index in [1.54, 1.807) is 0 Å². The van der Waals surface area contributed by atoms with Gasteiger partial charge in [0.1, 0.15) is 22.8 Å². The van der Waals surface area contributed by atoms with Crippen molar-refractivity contribution in [1.82, 2.24) is 0 Å². The van der Waals surface area contributed by atoms with Crippen LogP contribution in [0.5, 0.6) is 17.2 Å². The molecule has 0 fully saturated rings. The zero-order valence-corrected chi connectivity index (χ0v) is 15.5. The number of phenols is 1. The number of carbonyl (C=O) groups excluding carboxylic acids is 2. The number of hydrogen-bond donors (Lipinski definition) is 2. The van der Waals surface area contributed by atoms with Gasteiger partial charge in [0.2, 0.25) is 0 Å². The fraction of sp³-hybridized carbons (Fsp3) is 0. The lowest BCUT2D eigenvalue weighted by molar-refractivity contribution is -0.384. The number of nitro benzene ring substituents is 1. The van der Waals surface area contributed by atoms with E-state index in [0.29, 0.717) is 5.75 Å². The largest absolute Gasteiger partial charge is 0.507 e. The normalized spacial score (nSPS) is 12.6. The highest BCUT2D eigenvalue weighted by Crippen LogP contribution is 2.34. The van der Waals surface area contributed by atoms with Gasteiger partial charge in [-0.25, -0.2) is 9.69 Å². The van der Waals surface area contributed by atoms with Crippen molar-refractivity contribution in [3.05, 3.63) is 87.5 Å². The Kier molecular flexibility index (Phi) is 4.59. The third-order valence-corrected chi connectivity index (χ3v) is 4.61. The second kappa shape index (κ2) is 7.26. The Morgan fingerprint density at radius 1 is 0.903 bits per heavy atom. The molecule has 0 saturated heterocycles. The molecule has 10 heteroatoms. The number of aromatic carboxylic acids is 1. The Hall–Kier alpha value is -4.73. The van der Waals surface area contributed by atoms with E-state index in [1.165, 1.54) is 48.5 Å². The van der Waals surface area contributed by atoms with Crippen molar-refractivity contribution in [2.24, 2.45) is 0 Å². The zero-order valence-electron chi connectivity index (χ0n) is 15.5. The highest BCUT2D eigenvalue weighted by atomic mass is 16.6. The summed E-state index contributed by atoms with van der Waals surface area (Å²) in [4.78, 5) is 47.8. The molecule has 0 bridgehead atoms. The maximum absolute atomic E-state index is 12.9. The highest BCUT2D eigenvalue weighted by molar-refractivity contribution is 6.34. The van der Waals surface area contributed by atoms with E-state index in [2.05, 4.69) is 0 Å². The minimum atomic E-state index is -1.41. The number of nitrogens with zero attached hydrogens (tertiary/aromatic N) is 2. The van der Waals surface area contributed by atoms with Gasteiger partial charge in [0.25, 0.3) is 17.5 Å². The molecule has 2 N–H and O–H groups in total. The van der Waals surface area contributed by atoms with Gasteiger partial charge in [-0.2, -0.15) is 0 Å². The fourth-order valence-corrected chi connectivity index (χ4v) is 3.12. The fourth-order valence-electron chi connectivity index (χ4n) is 3.12. The molecule has 3 aromatic carbocycles. The molecule has 0 atom stereocenters. The van der Waals surface area contributed by atoms with Crippen molar-refractivity contribution in [1.29, 1.82) is 0 Å². The average molecular weight is 420 g/mol. The van der Waals surface area contributed by atoms with E-state index in [-0.39, 0.29) is 28.3 Å². The molecule has 0 aromatic heterocycles. The lowest BCUT2D eigenvalue weighted by atomic mass is 10.1. The molecule has 154 valence electrons. The minimum Gasteiger partial charge on any atom is -0.507 e. The Morgan fingerprint density at radius 2 is 1.55 bits per heavy atom. The quantitative estimate of drug-likeness (QED) is 0.361. The van der Waals surface area contributed by atoms with Crippen molar-refractivity contribution in [3.63, 3.8) is 0 Å². The van der Waals surface area contributed by atoms with Gasteiger partial charge >= 0.3 is 5.97 Å². The van der Waals surface area contributed by atoms with Crippen LogP contribution in [0.15, 0.2) is 60.7 Å². The van der Waals surface area contributed by atoms with Crippen LogP contribution in [0.4, 0.5) is 11.4 Å². The maximum atomic E-state index is 12.9. The number of fused-ring (bicyclic) bond motifs is 1. The number of nitro groups is 1. The van der Waals surface area contributed by atoms with Crippen molar-refractivity contribution >= 4 is 29.2 Å². The Bertz CT molecular complexity index is 1270. The molecule has 1 aliphatic heterocycles. The van der Waals surface area contributed by atoms with Crippen LogP contribution in [0.25, 0.3) is 0 Å². The van der Waals surface area contributed by atoms with Gasteiger partial charge in [-0.3, -0.25) is 19.7 Å². The standard InChI is InChI=1S/C21H12N2O8/c24-18-8-3-12(9-17(18)21(27)28)22-19(25)15-7-6-14(10-16(15)20(22)26)31-13-4-1-11(2-5-13)23(29)30/h1-10,24H,(H,27,28). The molecule has 0 saturated carbocycles. The van der Waals surface area contributed by atoms with E-state index in [9.17, 15) is 29.6 Å². The third kappa shape index (κ3) is 3.42. The predicted molar refractivity (Wildman–Crippen MR) is 106 cm³/mol. The summed E-state index contributed by atoms with van der Waals surface area (Å²) in [5, 5.41) is 29.5. The van der Waals surface area contributed by atoms with E-state index >= 15 is 0 Å². The van der Waals surface area contributed by atoms with Gasteiger partial charge in [-0.15, -0.1) is 0 Å². The summed E-state index contributed by atoms with van der Waals surface area (Å²) in [5.41, 5.74) is -0.400. The number of benzene rings is 3. The number of ether oxygens (including phenoxy) is 1. The Labute approximate surface area is 173 Å². The van der Waals surface area contributed by atoms with Crippen LogP contribution in [0.3, 0.4) is 0 Å². The summed E-state index contributed by atoms with van der Waals surface area (Å²) >= 11 is 0. The number of non-ortho nitro benzene ring substituents is 1. The number of anilines is 1. The van der Waals surface area contributed by atoms with Crippen LogP contribution < -0.4 is 9.64 Å². The van der Waals surface area contributed by atoms with E-state index in [1.807, 2.05) is 0 Å². The number of rotatable bonds is 5. The summed E-state index contributed by atoms with van der Waals surface area (Å²) in [6.45, 7) is 0. The molecule has 10 nitrogen and oxygen atoms in total. The number of amides is 2. The van der Waals surface area contributed by atoms with Gasteiger partial charge < -0.3 is 14.9 Å². The molecular weight excluding hydrogens is 408 g/mol. The average Bonchev–Trinajstić information content (AvgIpc) is 2.98. The number of aromatic hydroxyl groups is 1. The van der Waals surface area contributed by atoms with Crippen LogP contribution in [-0.4, -0.2) is 32.9 Å². The lowest BCUT2D eigenvalue weighted by Gasteiger charge is -2.14. The summed E-state index contributed by atoms with van der Waals surface area (Å²) < 4.78 is 5.61. The second-order valence-corrected chi connectivity index (χ2v) is 6.51. The smallest absolute Gasteiger partial charge is 0.339 e. The lowest BCUT2D eigenvalue weighted by Crippen LogP contribution is -2.29. The number of imide groups is 1. The summed E-state index contributed by atoms with van der Waals surface area (Å²) in [7, 11) is 0. The molecule has 0 spiro atoms. The number of carboxylic acid groups (broad SMARTS) is 1. The Morgan fingerprint density at radius 3 is 2.19 bits per heavy atom. The monoisotopic (exact) mass is 420 g/mol. The summed E-state index contributed by atoms with van der Waals surface area (Å²) in [6.07, 6.45) is 0. The highest BCUT2D eigenvalue weighted by Gasteiger charge is 2.37. The van der Waals surface area contributed by atoms with Gasteiger partial charge in [0.15, 0.2) is 0 Å². The molecule has 3 aromatic rings. The summed E-state index contributed by atoms with van der Waals surface area (Å²) in [5.74, 6) is -2.71. The first kappa shape index (κ1) is 19.6. The minimum absolute atomic E-state index is 0.000706. The van der Waals surface area contributed by atoms with Crippen molar-refractivity contribution < 1.29 is 34.3 Å². The first-order valence-electron chi connectivity index (χ1n) is 8.77. The van der Waals surface area contributed by atoms with Crippen LogP contribution in [0.1, 0.15) is 31.1 Å². The van der Waals surface area contributed by atoms with Crippen LogP contribution >= 0.6 is 0 Å². The first-order chi connectivity index (χ1) is 14.8. The molecule has 0 aliphatic carbocycles. The van der Waals surface area contributed by atoms with E-state index in [4.69, 9.17) is 9.84 Å². The zero-order chi connectivity index (χ0) is 22.3. The third-order valence-electron chi connectivity index (χ3n) is 4.61. The Balaban J connectivity index is 1.64. The maximum Gasteiger partial charge on any atom is 0.339 e. The van der Waals surface area contributed by atoms with Crippen molar-refractivity contribution in [2.75, 3.05) is 4.90 Å². The van der Waals surface area contributed by atoms with Crippen molar-refractivity contribution in [3.8, 4) is 17.2 Å². The van der Waals surface area contributed by atoms with Gasteiger partial charge in [0, 0.05) is 12.1 Å². The number of carboxylic acids is 1. The van der Waals surface area contributed by atoms with Crippen LogP contribution in [0, 0.1) is 10.1 Å². The van der Waals surface area contributed by atoms with Gasteiger partial charge in [-0.05, 0) is 48.5 Å². The predicted octanol–water partition coefficient (Wildman–Crippen LogP) is 3.59. The van der Waals surface area contributed by atoms with Crippen LogP contribution in [-0.2, 0) is 0 Å². The number of hydrogen-bond acceptors (Lipinski definition) is 7. The molecule has 1 aliphatic rings. The molecule has 1 heterocycles. The molecule has 2 amide bonds. The molecule has 31 heavy (non-hydrogen) atoms.